The van der Waals surface area contributed by atoms with E-state index in [2.05, 4.69) is 10.1 Å². The highest BCUT2D eigenvalue weighted by molar-refractivity contribution is 7.13. The van der Waals surface area contributed by atoms with Crippen molar-refractivity contribution in [3.63, 3.8) is 0 Å². The summed E-state index contributed by atoms with van der Waals surface area (Å²) >= 11 is 1.49. The summed E-state index contributed by atoms with van der Waals surface area (Å²) in [7, 11) is 4.57. The normalized spacial score (nSPS) is 10.8. The fourth-order valence-electron chi connectivity index (χ4n) is 2.36. The number of benzene rings is 1. The van der Waals surface area contributed by atoms with Gasteiger partial charge in [0.15, 0.2) is 18.1 Å². The molecule has 0 spiro atoms. The van der Waals surface area contributed by atoms with E-state index in [1.807, 2.05) is 17.5 Å². The fourth-order valence-corrected chi connectivity index (χ4v) is 3.01. The first-order valence-electron chi connectivity index (χ1n) is 8.16. The van der Waals surface area contributed by atoms with Crippen LogP contribution in [0.3, 0.4) is 0 Å². The van der Waals surface area contributed by atoms with Crippen LogP contribution in [0.5, 0.6) is 17.2 Å². The monoisotopic (exact) mass is 402 g/mol. The third kappa shape index (κ3) is 4.49. The Morgan fingerprint density at radius 1 is 1.18 bits per heavy atom. The Hall–Kier alpha value is -3.33. The standard InChI is InChI=1S/C19H18N2O6S/c1-23-13-9-12(10-14(24-2)18(13)25-3)6-7-17(22)26-11-16-20-19(21-27-16)15-5-4-8-28-15/h4-10H,11H2,1-3H3/b7-6+. The Bertz CT molecular complexity index is 940. The third-order valence-electron chi connectivity index (χ3n) is 3.65. The minimum Gasteiger partial charge on any atom is -0.493 e. The van der Waals surface area contributed by atoms with Crippen molar-refractivity contribution in [3.05, 3.63) is 47.2 Å². The van der Waals surface area contributed by atoms with Gasteiger partial charge in [-0.05, 0) is 35.2 Å². The molecule has 0 aliphatic heterocycles. The Kier molecular flexibility index (Phi) is 6.28. The molecule has 28 heavy (non-hydrogen) atoms. The lowest BCUT2D eigenvalue weighted by Crippen LogP contribution is -2.01. The highest BCUT2D eigenvalue weighted by Crippen LogP contribution is 2.38. The van der Waals surface area contributed by atoms with E-state index in [4.69, 9.17) is 23.5 Å². The first-order chi connectivity index (χ1) is 13.6. The second-order valence-electron chi connectivity index (χ2n) is 5.39. The van der Waals surface area contributed by atoms with E-state index in [0.29, 0.717) is 28.6 Å². The van der Waals surface area contributed by atoms with Gasteiger partial charge in [0.25, 0.3) is 5.89 Å². The molecule has 1 aromatic carbocycles. The van der Waals surface area contributed by atoms with E-state index in [9.17, 15) is 4.79 Å². The Morgan fingerprint density at radius 2 is 1.93 bits per heavy atom. The molecule has 8 nitrogen and oxygen atoms in total. The van der Waals surface area contributed by atoms with Crippen molar-refractivity contribution in [3.8, 4) is 28.0 Å². The number of methoxy groups -OCH3 is 3. The molecule has 0 unspecified atom stereocenters. The van der Waals surface area contributed by atoms with Crippen LogP contribution >= 0.6 is 11.3 Å². The maximum atomic E-state index is 12.0. The van der Waals surface area contributed by atoms with Gasteiger partial charge >= 0.3 is 5.97 Å². The van der Waals surface area contributed by atoms with Crippen LogP contribution in [0.2, 0.25) is 0 Å². The minimum absolute atomic E-state index is 0.114. The van der Waals surface area contributed by atoms with E-state index in [0.717, 1.165) is 4.88 Å². The largest absolute Gasteiger partial charge is 0.493 e. The summed E-state index contributed by atoms with van der Waals surface area (Å²) in [6.45, 7) is -0.114. The summed E-state index contributed by atoms with van der Waals surface area (Å²) in [4.78, 5) is 17.0. The van der Waals surface area contributed by atoms with Gasteiger partial charge in [-0.2, -0.15) is 4.98 Å². The molecule has 0 amide bonds. The number of carbonyl (C=O) groups is 1. The second kappa shape index (κ2) is 9.05. The van der Waals surface area contributed by atoms with E-state index < -0.39 is 5.97 Å². The lowest BCUT2D eigenvalue weighted by molar-refractivity contribution is -0.139. The number of aromatic nitrogens is 2. The highest BCUT2D eigenvalue weighted by Gasteiger charge is 2.13. The molecule has 146 valence electrons. The molecule has 3 rings (SSSR count). The lowest BCUT2D eigenvalue weighted by Gasteiger charge is -2.12. The second-order valence-corrected chi connectivity index (χ2v) is 6.34. The van der Waals surface area contributed by atoms with Gasteiger partial charge in [-0.25, -0.2) is 4.79 Å². The molecule has 0 radical (unpaired) electrons. The topological polar surface area (TPSA) is 92.9 Å². The SMILES string of the molecule is COc1cc(/C=C/C(=O)OCc2nc(-c3cccs3)no2)cc(OC)c1OC. The molecule has 0 saturated carbocycles. The molecule has 0 fully saturated rings. The van der Waals surface area contributed by atoms with Crippen molar-refractivity contribution >= 4 is 23.4 Å². The first kappa shape index (κ1) is 19.4. The zero-order valence-corrected chi connectivity index (χ0v) is 16.3. The van der Waals surface area contributed by atoms with Gasteiger partial charge < -0.3 is 23.5 Å². The zero-order valence-electron chi connectivity index (χ0n) is 15.5. The quantitative estimate of drug-likeness (QED) is 0.417. The van der Waals surface area contributed by atoms with Gasteiger partial charge in [0.2, 0.25) is 11.6 Å². The summed E-state index contributed by atoms with van der Waals surface area (Å²) < 4.78 is 26.0. The van der Waals surface area contributed by atoms with Gasteiger partial charge in [-0.1, -0.05) is 11.2 Å². The van der Waals surface area contributed by atoms with Crippen LogP contribution < -0.4 is 14.2 Å². The van der Waals surface area contributed by atoms with E-state index in [-0.39, 0.29) is 12.5 Å². The van der Waals surface area contributed by atoms with Crippen LogP contribution in [-0.4, -0.2) is 37.4 Å². The molecule has 2 aromatic heterocycles. The van der Waals surface area contributed by atoms with Crippen molar-refractivity contribution in [1.29, 1.82) is 0 Å². The van der Waals surface area contributed by atoms with Gasteiger partial charge in [0, 0.05) is 6.08 Å². The van der Waals surface area contributed by atoms with Crippen molar-refractivity contribution in [2.24, 2.45) is 0 Å². The molecule has 0 N–H and O–H groups in total. The number of nitrogens with zero attached hydrogens (tertiary/aromatic N) is 2. The van der Waals surface area contributed by atoms with Crippen LogP contribution in [0.25, 0.3) is 16.8 Å². The van der Waals surface area contributed by atoms with Crippen molar-refractivity contribution in [2.45, 2.75) is 6.61 Å². The molecule has 0 atom stereocenters. The molecule has 2 heterocycles. The predicted octanol–water partition coefficient (Wildman–Crippen LogP) is 3.58. The molecule has 9 heteroatoms. The van der Waals surface area contributed by atoms with Crippen molar-refractivity contribution in [1.82, 2.24) is 10.1 Å². The Morgan fingerprint density at radius 3 is 2.54 bits per heavy atom. The summed E-state index contributed by atoms with van der Waals surface area (Å²) in [6.07, 6.45) is 2.87. The summed E-state index contributed by atoms with van der Waals surface area (Å²) in [5, 5.41) is 5.78. The fraction of sp³-hybridized carbons (Fsp3) is 0.211. The molecule has 0 aliphatic carbocycles. The van der Waals surface area contributed by atoms with Gasteiger partial charge in [0.05, 0.1) is 26.2 Å². The van der Waals surface area contributed by atoms with Gasteiger partial charge in [0.1, 0.15) is 0 Å². The number of carbonyl (C=O) groups excluding carboxylic acids is 1. The van der Waals surface area contributed by atoms with Crippen LogP contribution in [-0.2, 0) is 16.1 Å². The minimum atomic E-state index is -0.551. The third-order valence-corrected chi connectivity index (χ3v) is 4.51. The van der Waals surface area contributed by atoms with Crippen LogP contribution in [0.15, 0.2) is 40.2 Å². The van der Waals surface area contributed by atoms with Gasteiger partial charge in [-0.15, -0.1) is 11.3 Å². The Labute approximate surface area is 165 Å². The molecular weight excluding hydrogens is 384 g/mol. The molecule has 0 saturated heterocycles. The number of hydrogen-bond donors (Lipinski definition) is 0. The maximum absolute atomic E-state index is 12.0. The molecule has 3 aromatic rings. The number of ether oxygens (including phenoxy) is 4. The maximum Gasteiger partial charge on any atom is 0.331 e. The average molecular weight is 402 g/mol. The summed E-state index contributed by atoms with van der Waals surface area (Å²) in [5.74, 6) is 1.59. The molecule has 0 aliphatic rings. The van der Waals surface area contributed by atoms with Crippen LogP contribution in [0.4, 0.5) is 0 Å². The smallest absolute Gasteiger partial charge is 0.331 e. The number of thiophene rings is 1. The summed E-state index contributed by atoms with van der Waals surface area (Å²) in [5.41, 5.74) is 0.684. The highest BCUT2D eigenvalue weighted by atomic mass is 32.1. The molecular formula is C19H18N2O6S. The van der Waals surface area contributed by atoms with E-state index in [1.54, 1.807) is 18.2 Å². The Balaban J connectivity index is 1.62. The number of esters is 1. The van der Waals surface area contributed by atoms with Gasteiger partial charge in [-0.3, -0.25) is 0 Å². The van der Waals surface area contributed by atoms with E-state index in [1.165, 1.54) is 38.7 Å². The molecule has 0 bridgehead atoms. The van der Waals surface area contributed by atoms with E-state index >= 15 is 0 Å². The first-order valence-corrected chi connectivity index (χ1v) is 9.04. The number of hydrogen-bond acceptors (Lipinski definition) is 9. The van der Waals surface area contributed by atoms with Crippen molar-refractivity contribution in [2.75, 3.05) is 21.3 Å². The average Bonchev–Trinajstić information content (AvgIpc) is 3.41. The summed E-state index contributed by atoms with van der Waals surface area (Å²) in [6, 6.07) is 7.21. The van der Waals surface area contributed by atoms with Crippen molar-refractivity contribution < 1.29 is 28.3 Å². The van der Waals surface area contributed by atoms with Crippen LogP contribution in [0, 0.1) is 0 Å². The number of rotatable bonds is 8. The predicted molar refractivity (Wildman–Crippen MR) is 103 cm³/mol. The zero-order chi connectivity index (χ0) is 19.9. The lowest BCUT2D eigenvalue weighted by atomic mass is 10.1. The van der Waals surface area contributed by atoms with Crippen LogP contribution in [0.1, 0.15) is 11.5 Å².